The van der Waals surface area contributed by atoms with Gasteiger partial charge >= 0.3 is 0 Å². The number of benzene rings is 1. The standard InChI is InChI=1S/C20H20N6O4/c1-11(27)23-17-5-4-12(10-22-17)19(28)25-20-24-14-9-16(30-3)15(29-2)8-13(14)18-21-6-7-26(18)20/h4-5,8-10,21H,6-7H2,1-3H3,(H,22,23,27). The minimum atomic E-state index is -0.481. The first-order valence-corrected chi connectivity index (χ1v) is 9.23. The summed E-state index contributed by atoms with van der Waals surface area (Å²) in [5.41, 5.74) is 1.20. The van der Waals surface area contributed by atoms with Crippen molar-refractivity contribution >= 4 is 34.4 Å². The van der Waals surface area contributed by atoms with Gasteiger partial charge in [0, 0.05) is 37.7 Å². The van der Waals surface area contributed by atoms with Gasteiger partial charge in [0.15, 0.2) is 11.5 Å². The maximum atomic E-state index is 12.7. The second-order valence-corrected chi connectivity index (χ2v) is 6.59. The van der Waals surface area contributed by atoms with Crippen molar-refractivity contribution in [2.24, 2.45) is 4.99 Å². The SMILES string of the molecule is COc1cc2nc(=NC(=O)c3ccc(NC(C)=O)nc3)n3c(c2cc1OC)NCC3. The molecule has 30 heavy (non-hydrogen) atoms. The van der Waals surface area contributed by atoms with Crippen LogP contribution in [0.25, 0.3) is 10.9 Å². The van der Waals surface area contributed by atoms with Crippen LogP contribution in [-0.2, 0) is 11.3 Å². The van der Waals surface area contributed by atoms with E-state index in [1.54, 1.807) is 32.4 Å². The van der Waals surface area contributed by atoms with Crippen molar-refractivity contribution in [1.29, 1.82) is 0 Å². The summed E-state index contributed by atoms with van der Waals surface area (Å²) in [6, 6.07) is 6.71. The molecule has 1 aromatic carbocycles. The Hall–Kier alpha value is -3.95. The highest BCUT2D eigenvalue weighted by Crippen LogP contribution is 2.34. The molecule has 3 heterocycles. The van der Waals surface area contributed by atoms with Crippen LogP contribution in [-0.4, -0.2) is 47.1 Å². The number of fused-ring (bicyclic) bond motifs is 3. The highest BCUT2D eigenvalue weighted by Gasteiger charge is 2.19. The number of nitrogens with zero attached hydrogens (tertiary/aromatic N) is 4. The Morgan fingerprint density at radius 3 is 2.63 bits per heavy atom. The van der Waals surface area contributed by atoms with Crippen LogP contribution in [0.2, 0.25) is 0 Å². The number of anilines is 2. The number of nitrogens with one attached hydrogen (secondary N) is 2. The minimum absolute atomic E-state index is 0.238. The molecule has 0 atom stereocenters. The zero-order valence-corrected chi connectivity index (χ0v) is 16.7. The number of amides is 2. The minimum Gasteiger partial charge on any atom is -0.493 e. The van der Waals surface area contributed by atoms with E-state index in [0.29, 0.717) is 41.5 Å². The van der Waals surface area contributed by atoms with E-state index in [0.717, 1.165) is 11.2 Å². The van der Waals surface area contributed by atoms with Crippen LogP contribution in [0.3, 0.4) is 0 Å². The van der Waals surface area contributed by atoms with Crippen LogP contribution >= 0.6 is 0 Å². The van der Waals surface area contributed by atoms with Crippen molar-refractivity contribution < 1.29 is 19.1 Å². The molecule has 2 N–H and O–H groups in total. The van der Waals surface area contributed by atoms with Crippen LogP contribution in [0.1, 0.15) is 17.3 Å². The topological polar surface area (TPSA) is 120 Å². The number of aromatic nitrogens is 3. The van der Waals surface area contributed by atoms with Gasteiger partial charge in [-0.15, -0.1) is 0 Å². The third-order valence-corrected chi connectivity index (χ3v) is 4.63. The van der Waals surface area contributed by atoms with Crippen molar-refractivity contribution in [2.75, 3.05) is 31.4 Å². The molecule has 0 radical (unpaired) electrons. The van der Waals surface area contributed by atoms with E-state index in [9.17, 15) is 9.59 Å². The van der Waals surface area contributed by atoms with Gasteiger partial charge in [-0.25, -0.2) is 9.97 Å². The van der Waals surface area contributed by atoms with E-state index in [2.05, 4.69) is 25.6 Å². The molecule has 0 aliphatic carbocycles. The molecule has 0 spiro atoms. The number of ether oxygens (including phenoxy) is 2. The van der Waals surface area contributed by atoms with Gasteiger partial charge in [0.1, 0.15) is 11.6 Å². The van der Waals surface area contributed by atoms with Crippen molar-refractivity contribution in [1.82, 2.24) is 14.5 Å². The van der Waals surface area contributed by atoms with Gasteiger partial charge in [0.2, 0.25) is 11.5 Å². The van der Waals surface area contributed by atoms with Crippen LogP contribution in [0.4, 0.5) is 11.6 Å². The summed E-state index contributed by atoms with van der Waals surface area (Å²) in [7, 11) is 3.13. The van der Waals surface area contributed by atoms with Crippen molar-refractivity contribution in [3.63, 3.8) is 0 Å². The first-order chi connectivity index (χ1) is 14.5. The molecule has 2 amide bonds. The Labute approximate surface area is 171 Å². The zero-order chi connectivity index (χ0) is 21.3. The van der Waals surface area contributed by atoms with Crippen LogP contribution in [0.15, 0.2) is 35.5 Å². The molecule has 3 aromatic rings. The molecule has 0 saturated heterocycles. The molecule has 0 saturated carbocycles. The molecule has 10 heteroatoms. The predicted octanol–water partition coefficient (Wildman–Crippen LogP) is 1.57. The maximum Gasteiger partial charge on any atom is 0.281 e. The Bertz CT molecular complexity index is 1220. The highest BCUT2D eigenvalue weighted by atomic mass is 16.5. The van der Waals surface area contributed by atoms with E-state index in [4.69, 9.17) is 9.47 Å². The van der Waals surface area contributed by atoms with E-state index in [1.807, 2.05) is 10.6 Å². The number of rotatable bonds is 4. The zero-order valence-electron chi connectivity index (χ0n) is 16.7. The van der Waals surface area contributed by atoms with Crippen LogP contribution < -0.4 is 25.7 Å². The molecule has 0 bridgehead atoms. The van der Waals surface area contributed by atoms with Crippen molar-refractivity contribution in [2.45, 2.75) is 13.5 Å². The van der Waals surface area contributed by atoms with Crippen molar-refractivity contribution in [3.05, 3.63) is 41.6 Å². The lowest BCUT2D eigenvalue weighted by atomic mass is 10.2. The van der Waals surface area contributed by atoms with Crippen molar-refractivity contribution in [3.8, 4) is 11.5 Å². The summed E-state index contributed by atoms with van der Waals surface area (Å²) in [5.74, 6) is 1.59. The second-order valence-electron chi connectivity index (χ2n) is 6.59. The van der Waals surface area contributed by atoms with Crippen LogP contribution in [0.5, 0.6) is 11.5 Å². The average Bonchev–Trinajstić information content (AvgIpc) is 3.23. The lowest BCUT2D eigenvalue weighted by Gasteiger charge is -2.12. The van der Waals surface area contributed by atoms with E-state index in [-0.39, 0.29) is 11.5 Å². The monoisotopic (exact) mass is 408 g/mol. The lowest BCUT2D eigenvalue weighted by Crippen LogP contribution is -2.24. The van der Waals surface area contributed by atoms with E-state index >= 15 is 0 Å². The number of hydrogen-bond donors (Lipinski definition) is 2. The Morgan fingerprint density at radius 1 is 1.20 bits per heavy atom. The van der Waals surface area contributed by atoms with E-state index in [1.165, 1.54) is 13.1 Å². The molecule has 0 fully saturated rings. The van der Waals surface area contributed by atoms with Gasteiger partial charge in [0.05, 0.1) is 25.3 Å². The Balaban J connectivity index is 1.79. The Kier molecular flexibility index (Phi) is 5.05. The molecular weight excluding hydrogens is 388 g/mol. The van der Waals surface area contributed by atoms with Gasteiger partial charge in [-0.1, -0.05) is 0 Å². The summed E-state index contributed by atoms with van der Waals surface area (Å²) in [4.78, 5) is 36.7. The predicted molar refractivity (Wildman–Crippen MR) is 110 cm³/mol. The smallest absolute Gasteiger partial charge is 0.281 e. The fraction of sp³-hybridized carbons (Fsp3) is 0.250. The summed E-state index contributed by atoms with van der Waals surface area (Å²) in [6.07, 6.45) is 1.37. The van der Waals surface area contributed by atoms with Gasteiger partial charge in [-0.2, -0.15) is 4.99 Å². The number of pyridine rings is 1. The quantitative estimate of drug-likeness (QED) is 0.672. The normalized spacial score (nSPS) is 13.0. The molecule has 4 rings (SSSR count). The largest absolute Gasteiger partial charge is 0.493 e. The molecule has 0 unspecified atom stereocenters. The van der Waals surface area contributed by atoms with Gasteiger partial charge < -0.3 is 20.1 Å². The fourth-order valence-corrected chi connectivity index (χ4v) is 3.27. The summed E-state index contributed by atoms with van der Waals surface area (Å²) in [5, 5.41) is 6.72. The molecule has 10 nitrogen and oxygen atoms in total. The Morgan fingerprint density at radius 2 is 1.97 bits per heavy atom. The first kappa shape index (κ1) is 19.4. The summed E-state index contributed by atoms with van der Waals surface area (Å²) < 4.78 is 12.6. The average molecular weight is 408 g/mol. The molecule has 1 aliphatic heterocycles. The highest BCUT2D eigenvalue weighted by molar-refractivity contribution is 5.96. The maximum absolute atomic E-state index is 12.7. The van der Waals surface area contributed by atoms with Gasteiger partial charge in [-0.3, -0.25) is 14.2 Å². The number of carbonyl (C=O) groups is 2. The van der Waals surface area contributed by atoms with Crippen LogP contribution in [0, 0.1) is 0 Å². The van der Waals surface area contributed by atoms with Gasteiger partial charge in [-0.05, 0) is 18.2 Å². The number of carbonyl (C=O) groups excluding carboxylic acids is 2. The van der Waals surface area contributed by atoms with E-state index < -0.39 is 5.91 Å². The molecule has 154 valence electrons. The third kappa shape index (κ3) is 3.54. The number of hydrogen-bond acceptors (Lipinski definition) is 7. The second kappa shape index (κ2) is 7.82. The molecular formula is C20H20N6O4. The summed E-state index contributed by atoms with van der Waals surface area (Å²) >= 11 is 0. The number of methoxy groups -OCH3 is 2. The third-order valence-electron chi connectivity index (χ3n) is 4.63. The van der Waals surface area contributed by atoms with Gasteiger partial charge in [0.25, 0.3) is 5.91 Å². The fourth-order valence-electron chi connectivity index (χ4n) is 3.27. The lowest BCUT2D eigenvalue weighted by molar-refractivity contribution is -0.114. The molecule has 1 aliphatic rings. The first-order valence-electron chi connectivity index (χ1n) is 9.23. The summed E-state index contributed by atoms with van der Waals surface area (Å²) in [6.45, 7) is 2.70. The molecule has 2 aromatic heterocycles.